The number of thiophene rings is 1. The summed E-state index contributed by atoms with van der Waals surface area (Å²) in [7, 11) is 2.01. The topological polar surface area (TPSA) is 41.6 Å². The van der Waals surface area contributed by atoms with Gasteiger partial charge in [0.25, 0.3) is 0 Å². The summed E-state index contributed by atoms with van der Waals surface area (Å²) in [5.74, 6) is 0.653. The van der Waals surface area contributed by atoms with Crippen molar-refractivity contribution in [2.24, 2.45) is 10.7 Å². The van der Waals surface area contributed by atoms with Crippen molar-refractivity contribution in [2.75, 3.05) is 7.05 Å². The normalized spacial score (nSPS) is 16.8. The maximum atomic E-state index is 5.88. The Kier molecular flexibility index (Phi) is 3.31. The molecule has 82 valence electrons. The van der Waals surface area contributed by atoms with E-state index in [0.29, 0.717) is 18.5 Å². The summed E-state index contributed by atoms with van der Waals surface area (Å²) in [6.07, 6.45) is 2.49. The van der Waals surface area contributed by atoms with Gasteiger partial charge >= 0.3 is 0 Å². The third-order valence-corrected chi connectivity index (χ3v) is 4.05. The van der Waals surface area contributed by atoms with Gasteiger partial charge in [0.1, 0.15) is 0 Å². The van der Waals surface area contributed by atoms with Gasteiger partial charge in [0.15, 0.2) is 5.96 Å². The van der Waals surface area contributed by atoms with Crippen molar-refractivity contribution in [3.63, 3.8) is 0 Å². The number of nitrogens with two attached hydrogens (primary N) is 1. The Hall–Kier alpha value is -0.550. The molecule has 2 N–H and O–H groups in total. The lowest BCUT2D eigenvalue weighted by atomic mass is 10.3. The molecule has 1 saturated carbocycles. The fourth-order valence-electron chi connectivity index (χ4n) is 1.36. The predicted octanol–water partition coefficient (Wildman–Crippen LogP) is 2.42. The maximum absolute atomic E-state index is 5.88. The van der Waals surface area contributed by atoms with Crippen LogP contribution in [-0.4, -0.2) is 23.9 Å². The molecule has 0 bridgehead atoms. The minimum Gasteiger partial charge on any atom is -0.370 e. The van der Waals surface area contributed by atoms with Gasteiger partial charge in [-0.3, -0.25) is 0 Å². The summed E-state index contributed by atoms with van der Waals surface area (Å²) in [4.78, 5) is 6.45. The van der Waals surface area contributed by atoms with Crippen molar-refractivity contribution in [1.82, 2.24) is 4.90 Å². The van der Waals surface area contributed by atoms with Crippen LogP contribution in [0.3, 0.4) is 0 Å². The van der Waals surface area contributed by atoms with E-state index in [1.807, 2.05) is 7.05 Å². The predicted molar refractivity (Wildman–Crippen MR) is 68.1 cm³/mol. The summed E-state index contributed by atoms with van der Waals surface area (Å²) in [6, 6.07) is 2.71. The summed E-state index contributed by atoms with van der Waals surface area (Å²) in [5, 5.41) is 2.10. The van der Waals surface area contributed by atoms with Crippen molar-refractivity contribution >= 4 is 33.2 Å². The summed E-state index contributed by atoms with van der Waals surface area (Å²) in [6.45, 7) is 0.672. The number of nitrogens with zero attached hydrogens (tertiary/aromatic N) is 2. The lowest BCUT2D eigenvalue weighted by Gasteiger charge is -2.16. The van der Waals surface area contributed by atoms with Crippen molar-refractivity contribution in [3.8, 4) is 0 Å². The van der Waals surface area contributed by atoms with Crippen LogP contribution < -0.4 is 5.73 Å². The van der Waals surface area contributed by atoms with E-state index in [9.17, 15) is 0 Å². The molecule has 1 aromatic rings. The smallest absolute Gasteiger partial charge is 0.191 e. The van der Waals surface area contributed by atoms with Crippen LogP contribution in [0.1, 0.15) is 18.4 Å². The Morgan fingerprint density at radius 3 is 3.00 bits per heavy atom. The number of aliphatic imine (C=N–C) groups is 1. The SMILES string of the molecule is CN(C(N)=NCc1csc(Br)c1)C1CC1. The van der Waals surface area contributed by atoms with Crippen LogP contribution in [0.4, 0.5) is 0 Å². The van der Waals surface area contributed by atoms with E-state index in [2.05, 4.69) is 37.3 Å². The quantitative estimate of drug-likeness (QED) is 0.685. The standard InChI is InChI=1S/C10H14BrN3S/c1-14(8-2-3-8)10(12)13-5-7-4-9(11)15-6-7/h4,6,8H,2-3,5H2,1H3,(H2,12,13). The van der Waals surface area contributed by atoms with Gasteiger partial charge in [-0.1, -0.05) is 0 Å². The first kappa shape index (κ1) is 11.0. The molecular weight excluding hydrogens is 274 g/mol. The molecule has 1 heterocycles. The molecule has 2 rings (SSSR count). The van der Waals surface area contributed by atoms with E-state index in [-0.39, 0.29) is 0 Å². The second kappa shape index (κ2) is 4.53. The molecule has 15 heavy (non-hydrogen) atoms. The lowest BCUT2D eigenvalue weighted by Crippen LogP contribution is -2.35. The Morgan fingerprint density at radius 2 is 2.47 bits per heavy atom. The number of rotatable bonds is 3. The average molecular weight is 288 g/mol. The first-order chi connectivity index (χ1) is 7.16. The highest BCUT2D eigenvalue weighted by Crippen LogP contribution is 2.25. The molecule has 0 aromatic carbocycles. The highest BCUT2D eigenvalue weighted by atomic mass is 79.9. The fraction of sp³-hybridized carbons (Fsp3) is 0.500. The Bertz CT molecular complexity index is 370. The number of hydrogen-bond acceptors (Lipinski definition) is 2. The summed E-state index contributed by atoms with van der Waals surface area (Å²) < 4.78 is 1.14. The molecule has 1 aliphatic rings. The fourth-order valence-corrected chi connectivity index (χ4v) is 2.56. The highest BCUT2D eigenvalue weighted by molar-refractivity contribution is 9.11. The zero-order chi connectivity index (χ0) is 10.8. The molecule has 0 atom stereocenters. The van der Waals surface area contributed by atoms with E-state index in [0.717, 1.165) is 3.79 Å². The Labute approximate surface area is 102 Å². The van der Waals surface area contributed by atoms with Crippen LogP contribution in [0.25, 0.3) is 0 Å². The molecule has 0 aliphatic heterocycles. The van der Waals surface area contributed by atoms with Gasteiger partial charge in [-0.05, 0) is 45.8 Å². The molecule has 1 fully saturated rings. The van der Waals surface area contributed by atoms with Crippen LogP contribution >= 0.6 is 27.3 Å². The maximum Gasteiger partial charge on any atom is 0.191 e. The molecule has 1 aliphatic carbocycles. The van der Waals surface area contributed by atoms with Crippen LogP contribution in [0.5, 0.6) is 0 Å². The van der Waals surface area contributed by atoms with Crippen molar-refractivity contribution < 1.29 is 0 Å². The van der Waals surface area contributed by atoms with E-state index in [4.69, 9.17) is 5.73 Å². The molecule has 5 heteroatoms. The third-order valence-electron chi connectivity index (χ3n) is 2.50. The monoisotopic (exact) mass is 287 g/mol. The van der Waals surface area contributed by atoms with Crippen LogP contribution in [0.15, 0.2) is 20.2 Å². The third kappa shape index (κ3) is 2.95. The molecule has 1 aromatic heterocycles. The van der Waals surface area contributed by atoms with Gasteiger partial charge in [0, 0.05) is 13.1 Å². The summed E-state index contributed by atoms with van der Waals surface area (Å²) in [5.41, 5.74) is 7.09. The van der Waals surface area contributed by atoms with E-state index in [1.165, 1.54) is 18.4 Å². The summed E-state index contributed by atoms with van der Waals surface area (Å²) >= 11 is 5.11. The zero-order valence-electron chi connectivity index (χ0n) is 8.61. The second-order valence-electron chi connectivity index (χ2n) is 3.78. The Balaban J connectivity index is 1.92. The molecule has 0 amide bonds. The first-order valence-corrected chi connectivity index (χ1v) is 6.60. The highest BCUT2D eigenvalue weighted by Gasteiger charge is 2.27. The average Bonchev–Trinajstić information content (AvgIpc) is 2.98. The minimum absolute atomic E-state index is 0.628. The number of guanidine groups is 1. The van der Waals surface area contributed by atoms with Crippen molar-refractivity contribution in [1.29, 1.82) is 0 Å². The van der Waals surface area contributed by atoms with Crippen molar-refractivity contribution in [2.45, 2.75) is 25.4 Å². The van der Waals surface area contributed by atoms with E-state index in [1.54, 1.807) is 11.3 Å². The molecule has 0 saturated heterocycles. The van der Waals surface area contributed by atoms with E-state index < -0.39 is 0 Å². The van der Waals surface area contributed by atoms with Gasteiger partial charge < -0.3 is 10.6 Å². The molecule has 3 nitrogen and oxygen atoms in total. The second-order valence-corrected chi connectivity index (χ2v) is 6.07. The van der Waals surface area contributed by atoms with Crippen molar-refractivity contribution in [3.05, 3.63) is 20.8 Å². The molecule has 0 spiro atoms. The van der Waals surface area contributed by atoms with Gasteiger partial charge in [-0.25, -0.2) is 4.99 Å². The molecule has 0 radical (unpaired) electrons. The van der Waals surface area contributed by atoms with E-state index >= 15 is 0 Å². The number of halogens is 1. The molecule has 0 unspecified atom stereocenters. The molecular formula is C10H14BrN3S. The van der Waals surface area contributed by atoms with Gasteiger partial charge in [0.2, 0.25) is 0 Å². The number of hydrogen-bond donors (Lipinski definition) is 1. The Morgan fingerprint density at radius 1 is 1.73 bits per heavy atom. The van der Waals surface area contributed by atoms with Gasteiger partial charge in [-0.15, -0.1) is 11.3 Å². The van der Waals surface area contributed by atoms with Gasteiger partial charge in [-0.2, -0.15) is 0 Å². The minimum atomic E-state index is 0.628. The van der Waals surface area contributed by atoms with Crippen LogP contribution in [0, 0.1) is 0 Å². The van der Waals surface area contributed by atoms with Crippen LogP contribution in [-0.2, 0) is 6.54 Å². The lowest BCUT2D eigenvalue weighted by molar-refractivity contribution is 0.487. The van der Waals surface area contributed by atoms with Crippen LogP contribution in [0.2, 0.25) is 0 Å². The first-order valence-electron chi connectivity index (χ1n) is 4.92. The van der Waals surface area contributed by atoms with Gasteiger partial charge in [0.05, 0.1) is 10.3 Å². The largest absolute Gasteiger partial charge is 0.370 e. The zero-order valence-corrected chi connectivity index (χ0v) is 11.0.